The minimum atomic E-state index is -0.387. The molecule has 7 nitrogen and oxygen atoms in total. The van der Waals surface area contributed by atoms with Gasteiger partial charge in [-0.15, -0.1) is 0 Å². The molecule has 1 aromatic carbocycles. The number of amides is 1. The third-order valence-electron chi connectivity index (χ3n) is 5.42. The number of rotatable bonds is 8. The molecule has 0 aliphatic carbocycles. The zero-order valence-electron chi connectivity index (χ0n) is 16.7. The highest BCUT2D eigenvalue weighted by molar-refractivity contribution is 5.95. The van der Waals surface area contributed by atoms with Crippen molar-refractivity contribution >= 4 is 17.6 Å². The van der Waals surface area contributed by atoms with E-state index < -0.39 is 0 Å². The van der Waals surface area contributed by atoms with E-state index >= 15 is 0 Å². The van der Waals surface area contributed by atoms with Gasteiger partial charge in [-0.2, -0.15) is 0 Å². The second-order valence-corrected chi connectivity index (χ2v) is 7.39. The molecule has 3 rings (SSSR count). The first kappa shape index (κ1) is 20.6. The van der Waals surface area contributed by atoms with Crippen molar-refractivity contribution in [1.29, 1.82) is 0 Å². The zero-order chi connectivity index (χ0) is 19.8. The monoisotopic (exact) mass is 389 g/mol. The number of piperidine rings is 1. The van der Waals surface area contributed by atoms with Gasteiger partial charge in [-0.1, -0.05) is 0 Å². The van der Waals surface area contributed by atoms with E-state index in [2.05, 4.69) is 10.2 Å². The second-order valence-electron chi connectivity index (χ2n) is 7.39. The summed E-state index contributed by atoms with van der Waals surface area (Å²) in [5.74, 6) is 1.13. The molecule has 2 aliphatic heterocycles. The number of hydrogen-bond donors (Lipinski definition) is 1. The van der Waals surface area contributed by atoms with Crippen LogP contribution in [0.2, 0.25) is 0 Å². The van der Waals surface area contributed by atoms with Gasteiger partial charge in [0, 0.05) is 18.8 Å². The van der Waals surface area contributed by atoms with Crippen molar-refractivity contribution in [1.82, 2.24) is 10.2 Å². The van der Waals surface area contributed by atoms with Crippen molar-refractivity contribution in [2.75, 3.05) is 57.4 Å². The maximum atomic E-state index is 12.6. The fourth-order valence-electron chi connectivity index (χ4n) is 3.79. The van der Waals surface area contributed by atoms with E-state index in [4.69, 9.17) is 9.47 Å². The molecular weight excluding hydrogens is 358 g/mol. The quantitative estimate of drug-likeness (QED) is 0.682. The number of anilines is 1. The summed E-state index contributed by atoms with van der Waals surface area (Å²) in [7, 11) is 0. The first-order chi connectivity index (χ1) is 13.7. The molecule has 2 heterocycles. The van der Waals surface area contributed by atoms with E-state index in [-0.39, 0.29) is 18.5 Å². The number of benzene rings is 1. The lowest BCUT2D eigenvalue weighted by atomic mass is 9.94. The molecule has 28 heavy (non-hydrogen) atoms. The van der Waals surface area contributed by atoms with Crippen LogP contribution >= 0.6 is 0 Å². The van der Waals surface area contributed by atoms with E-state index in [9.17, 15) is 9.59 Å². The number of carbonyl (C=O) groups is 2. The molecule has 2 fully saturated rings. The predicted octanol–water partition coefficient (Wildman–Crippen LogP) is 1.67. The fourth-order valence-corrected chi connectivity index (χ4v) is 3.79. The lowest BCUT2D eigenvalue weighted by Crippen LogP contribution is -2.51. The average Bonchev–Trinajstić information content (AvgIpc) is 2.72. The van der Waals surface area contributed by atoms with Gasteiger partial charge in [0.25, 0.3) is 0 Å². The van der Waals surface area contributed by atoms with Crippen LogP contribution in [0.5, 0.6) is 5.75 Å². The summed E-state index contributed by atoms with van der Waals surface area (Å²) in [5, 5.41) is 3.40. The Balaban J connectivity index is 1.44. The van der Waals surface area contributed by atoms with Crippen LogP contribution in [-0.4, -0.2) is 69.3 Å². The minimum absolute atomic E-state index is 0.109. The Morgan fingerprint density at radius 2 is 1.93 bits per heavy atom. The molecule has 0 saturated carbocycles. The zero-order valence-corrected chi connectivity index (χ0v) is 16.7. The number of esters is 1. The molecule has 0 radical (unpaired) electrons. The second kappa shape index (κ2) is 10.4. The number of piperazine rings is 1. The Bertz CT molecular complexity index is 644. The maximum Gasteiger partial charge on any atom is 0.344 e. The summed E-state index contributed by atoms with van der Waals surface area (Å²) in [6, 6.07) is 7.29. The minimum Gasteiger partial charge on any atom is -0.482 e. The third-order valence-corrected chi connectivity index (χ3v) is 5.42. The van der Waals surface area contributed by atoms with Gasteiger partial charge >= 0.3 is 5.97 Å². The van der Waals surface area contributed by atoms with Crippen molar-refractivity contribution in [3.05, 3.63) is 24.3 Å². The van der Waals surface area contributed by atoms with E-state index in [1.807, 2.05) is 17.0 Å². The lowest BCUT2D eigenvalue weighted by Gasteiger charge is -2.35. The number of nitrogens with one attached hydrogen (secondary N) is 1. The molecule has 0 spiro atoms. The van der Waals surface area contributed by atoms with Gasteiger partial charge < -0.3 is 19.7 Å². The standard InChI is InChI=1S/C21H31N3O4/c1-2-27-21(26)16-28-19-5-3-18(4-6-19)24-14-13-23(15-20(24)25)12-9-17-7-10-22-11-8-17/h3-6,17,22H,2,7-16H2,1H3. The molecule has 1 amide bonds. The number of nitrogens with zero attached hydrogens (tertiary/aromatic N) is 2. The molecule has 2 aliphatic rings. The van der Waals surface area contributed by atoms with Crippen LogP contribution in [0.3, 0.4) is 0 Å². The molecular formula is C21H31N3O4. The number of ether oxygens (including phenoxy) is 2. The first-order valence-electron chi connectivity index (χ1n) is 10.3. The van der Waals surface area contributed by atoms with Crippen LogP contribution in [0.15, 0.2) is 24.3 Å². The molecule has 1 aromatic rings. The van der Waals surface area contributed by atoms with Crippen LogP contribution in [-0.2, 0) is 14.3 Å². The van der Waals surface area contributed by atoms with E-state index in [1.54, 1.807) is 19.1 Å². The molecule has 154 valence electrons. The van der Waals surface area contributed by atoms with E-state index in [1.165, 1.54) is 19.3 Å². The fraction of sp³-hybridized carbons (Fsp3) is 0.619. The Hall–Kier alpha value is -2.12. The summed E-state index contributed by atoms with van der Waals surface area (Å²) in [6.45, 7) is 7.32. The van der Waals surface area contributed by atoms with E-state index in [0.29, 0.717) is 25.4 Å². The molecule has 0 bridgehead atoms. The molecule has 0 aromatic heterocycles. The summed E-state index contributed by atoms with van der Waals surface area (Å²) in [6.07, 6.45) is 3.68. The van der Waals surface area contributed by atoms with Crippen LogP contribution in [0.4, 0.5) is 5.69 Å². The molecule has 0 atom stereocenters. The average molecular weight is 389 g/mol. The normalized spacial score (nSPS) is 18.9. The van der Waals surface area contributed by atoms with Gasteiger partial charge in [-0.3, -0.25) is 9.69 Å². The van der Waals surface area contributed by atoms with Gasteiger partial charge in [-0.25, -0.2) is 4.79 Å². The molecule has 2 saturated heterocycles. The summed E-state index contributed by atoms with van der Waals surface area (Å²) in [4.78, 5) is 28.1. The van der Waals surface area contributed by atoms with Crippen LogP contribution in [0.1, 0.15) is 26.2 Å². The molecule has 1 N–H and O–H groups in total. The smallest absolute Gasteiger partial charge is 0.344 e. The van der Waals surface area contributed by atoms with Crippen molar-refractivity contribution in [3.8, 4) is 5.75 Å². The first-order valence-corrected chi connectivity index (χ1v) is 10.3. The highest BCUT2D eigenvalue weighted by atomic mass is 16.6. The van der Waals surface area contributed by atoms with Crippen LogP contribution in [0.25, 0.3) is 0 Å². The summed E-state index contributed by atoms with van der Waals surface area (Å²) in [5.41, 5.74) is 0.867. The van der Waals surface area contributed by atoms with Crippen LogP contribution < -0.4 is 15.0 Å². The SMILES string of the molecule is CCOC(=O)COc1ccc(N2CCN(CCC3CCNCC3)CC2=O)cc1. The highest BCUT2D eigenvalue weighted by Crippen LogP contribution is 2.22. The van der Waals surface area contributed by atoms with Gasteiger partial charge in [0.15, 0.2) is 6.61 Å². The largest absolute Gasteiger partial charge is 0.482 e. The van der Waals surface area contributed by atoms with Crippen molar-refractivity contribution in [2.24, 2.45) is 5.92 Å². The summed E-state index contributed by atoms with van der Waals surface area (Å²) < 4.78 is 10.2. The lowest BCUT2D eigenvalue weighted by molar-refractivity contribution is -0.145. The topological polar surface area (TPSA) is 71.1 Å². The van der Waals surface area contributed by atoms with Crippen LogP contribution in [0, 0.1) is 5.92 Å². The summed E-state index contributed by atoms with van der Waals surface area (Å²) >= 11 is 0. The molecule has 0 unspecified atom stereocenters. The van der Waals surface area contributed by atoms with Crippen molar-refractivity contribution in [3.63, 3.8) is 0 Å². The Labute approximate surface area is 167 Å². The maximum absolute atomic E-state index is 12.6. The molecule has 7 heteroatoms. The van der Waals surface area contributed by atoms with Gasteiger partial charge in [0.05, 0.1) is 13.2 Å². The van der Waals surface area contributed by atoms with Gasteiger partial charge in [0.1, 0.15) is 5.75 Å². The Morgan fingerprint density at radius 3 is 2.61 bits per heavy atom. The Kier molecular flexibility index (Phi) is 7.68. The highest BCUT2D eigenvalue weighted by Gasteiger charge is 2.25. The number of hydrogen-bond acceptors (Lipinski definition) is 6. The van der Waals surface area contributed by atoms with Crippen molar-refractivity contribution < 1.29 is 19.1 Å². The third kappa shape index (κ3) is 5.94. The predicted molar refractivity (Wildman–Crippen MR) is 108 cm³/mol. The van der Waals surface area contributed by atoms with Gasteiger partial charge in [0.2, 0.25) is 5.91 Å². The Morgan fingerprint density at radius 1 is 1.18 bits per heavy atom. The van der Waals surface area contributed by atoms with Crippen molar-refractivity contribution in [2.45, 2.75) is 26.2 Å². The van der Waals surface area contributed by atoms with E-state index in [0.717, 1.165) is 37.8 Å². The van der Waals surface area contributed by atoms with Gasteiger partial charge in [-0.05, 0) is 76.0 Å². The number of carbonyl (C=O) groups excluding carboxylic acids is 2.